The van der Waals surface area contributed by atoms with Crippen molar-refractivity contribution in [2.75, 3.05) is 0 Å². The van der Waals surface area contributed by atoms with Gasteiger partial charge in [0.05, 0.1) is 6.07 Å². The van der Waals surface area contributed by atoms with Crippen LogP contribution in [-0.4, -0.2) is 40.2 Å². The van der Waals surface area contributed by atoms with Crippen molar-refractivity contribution < 1.29 is 18.4 Å². The molecule has 4 heterocycles. The predicted molar refractivity (Wildman–Crippen MR) is 112 cm³/mol. The molecule has 0 saturated carbocycles. The molecule has 14 heteroatoms. The lowest BCUT2D eigenvalue weighted by molar-refractivity contribution is -0.401. The van der Waals surface area contributed by atoms with Crippen molar-refractivity contribution in [3.63, 3.8) is 0 Å². The van der Waals surface area contributed by atoms with Crippen LogP contribution < -0.4 is 0 Å². The van der Waals surface area contributed by atoms with E-state index in [2.05, 4.69) is 30.7 Å². The van der Waals surface area contributed by atoms with Crippen LogP contribution in [0, 0.1) is 17.0 Å². The van der Waals surface area contributed by atoms with Crippen molar-refractivity contribution in [2.24, 2.45) is 7.05 Å². The molecule has 0 spiro atoms. The molecule has 0 radical (unpaired) electrons. The van der Waals surface area contributed by atoms with Gasteiger partial charge in [-0.1, -0.05) is 34.6 Å². The monoisotopic (exact) mass is 466 g/mol. The van der Waals surface area contributed by atoms with Gasteiger partial charge in [0.2, 0.25) is 5.82 Å². The van der Waals surface area contributed by atoms with Gasteiger partial charge < -0.3 is 18.0 Å². The van der Waals surface area contributed by atoms with E-state index in [9.17, 15) is 10.1 Å². The molecule has 0 N–H and O–H groups in total. The van der Waals surface area contributed by atoms with Gasteiger partial charge in [0.1, 0.15) is 22.1 Å². The summed E-state index contributed by atoms with van der Waals surface area (Å²) in [6.07, 6.45) is 1.38. The third-order valence-electron chi connectivity index (χ3n) is 4.64. The highest BCUT2D eigenvalue weighted by Crippen LogP contribution is 2.39. The number of nitrogens with zero attached hydrogens (tertiary/aromatic N) is 8. The Bertz CT molecular complexity index is 1420. The van der Waals surface area contributed by atoms with E-state index >= 15 is 0 Å². The Labute approximate surface area is 188 Å². The average molecular weight is 466 g/mol. The normalized spacial score (nSPS) is 12.2. The summed E-state index contributed by atoms with van der Waals surface area (Å²) in [5.41, 5.74) is 2.30. The van der Waals surface area contributed by atoms with Crippen LogP contribution in [0.2, 0.25) is 0 Å². The summed E-state index contributed by atoms with van der Waals surface area (Å²) in [4.78, 5) is 14.8. The quantitative estimate of drug-likeness (QED) is 0.195. The molecule has 33 heavy (non-hydrogen) atoms. The van der Waals surface area contributed by atoms with Crippen molar-refractivity contribution in [3.8, 4) is 23.0 Å². The number of hydrogen-bond donors (Lipinski definition) is 0. The number of rotatable bonds is 7. The SMILES string of the molecule is Cc1cccc(-c2nc(C(Sc3nnc(-c4ccc([N+](=O)[O-])o4)n3C)c3conn3)no2)c1. The second-order valence-electron chi connectivity index (χ2n) is 6.92. The highest BCUT2D eigenvalue weighted by molar-refractivity contribution is 7.99. The van der Waals surface area contributed by atoms with Gasteiger partial charge >= 0.3 is 5.88 Å². The molecule has 0 fully saturated rings. The fourth-order valence-corrected chi connectivity index (χ4v) is 4.02. The maximum atomic E-state index is 10.9. The summed E-state index contributed by atoms with van der Waals surface area (Å²) >= 11 is 1.23. The second-order valence-corrected chi connectivity index (χ2v) is 7.99. The molecule has 0 aliphatic carbocycles. The smallest absolute Gasteiger partial charge is 0.397 e. The lowest BCUT2D eigenvalue weighted by Gasteiger charge is -2.08. The van der Waals surface area contributed by atoms with Crippen LogP contribution in [-0.2, 0) is 7.05 Å². The molecule has 0 aliphatic heterocycles. The Morgan fingerprint density at radius 3 is 2.79 bits per heavy atom. The molecule has 4 aromatic heterocycles. The van der Waals surface area contributed by atoms with E-state index in [1.54, 1.807) is 11.6 Å². The van der Waals surface area contributed by atoms with Crippen molar-refractivity contribution in [3.05, 3.63) is 69.9 Å². The van der Waals surface area contributed by atoms with Crippen LogP contribution in [0.3, 0.4) is 0 Å². The van der Waals surface area contributed by atoms with Crippen LogP contribution >= 0.6 is 11.8 Å². The van der Waals surface area contributed by atoms with Crippen molar-refractivity contribution in [1.29, 1.82) is 0 Å². The summed E-state index contributed by atoms with van der Waals surface area (Å²) in [6.45, 7) is 1.97. The minimum atomic E-state index is -0.620. The van der Waals surface area contributed by atoms with Crippen LogP contribution in [0.1, 0.15) is 22.3 Å². The number of furan rings is 1. The van der Waals surface area contributed by atoms with E-state index in [-0.39, 0.29) is 11.6 Å². The van der Waals surface area contributed by atoms with Gasteiger partial charge in [-0.3, -0.25) is 10.1 Å². The summed E-state index contributed by atoms with van der Waals surface area (Å²) in [5.74, 6) is 0.840. The molecule has 0 saturated heterocycles. The maximum Gasteiger partial charge on any atom is 0.433 e. The van der Waals surface area contributed by atoms with E-state index in [4.69, 9.17) is 13.5 Å². The molecule has 0 amide bonds. The Kier molecular flexibility index (Phi) is 5.18. The predicted octanol–water partition coefficient (Wildman–Crippen LogP) is 3.61. The summed E-state index contributed by atoms with van der Waals surface area (Å²) in [5, 5.41) is 30.7. The minimum Gasteiger partial charge on any atom is -0.397 e. The topological polar surface area (TPSA) is 165 Å². The van der Waals surface area contributed by atoms with Gasteiger partial charge in [-0.05, 0) is 25.1 Å². The van der Waals surface area contributed by atoms with Crippen LogP contribution in [0.4, 0.5) is 5.88 Å². The zero-order valence-electron chi connectivity index (χ0n) is 17.1. The molecule has 1 unspecified atom stereocenters. The largest absolute Gasteiger partial charge is 0.433 e. The first-order valence-corrected chi connectivity index (χ1v) is 10.4. The van der Waals surface area contributed by atoms with Gasteiger partial charge in [-0.2, -0.15) is 4.98 Å². The van der Waals surface area contributed by atoms with Crippen molar-refractivity contribution >= 4 is 17.6 Å². The maximum absolute atomic E-state index is 10.9. The number of aromatic nitrogens is 7. The van der Waals surface area contributed by atoms with E-state index < -0.39 is 10.2 Å². The summed E-state index contributed by atoms with van der Waals surface area (Å²) in [7, 11) is 1.71. The fourth-order valence-electron chi connectivity index (χ4n) is 3.05. The lowest BCUT2D eigenvalue weighted by atomic mass is 10.1. The number of nitro groups is 1. The Hall–Kier alpha value is -4.33. The molecule has 1 atom stereocenters. The summed E-state index contributed by atoms with van der Waals surface area (Å²) in [6, 6.07) is 10.4. The van der Waals surface area contributed by atoms with Gasteiger partial charge in [-0.25, -0.2) is 0 Å². The molecule has 0 aliphatic rings. The first-order valence-electron chi connectivity index (χ1n) is 9.48. The first kappa shape index (κ1) is 20.6. The third-order valence-corrected chi connectivity index (χ3v) is 5.89. The molecule has 13 nitrogen and oxygen atoms in total. The third kappa shape index (κ3) is 3.98. The molecule has 0 bridgehead atoms. The Morgan fingerprint density at radius 2 is 2.06 bits per heavy atom. The molecule has 5 rings (SSSR count). The van der Waals surface area contributed by atoms with E-state index in [1.165, 1.54) is 30.2 Å². The van der Waals surface area contributed by atoms with Crippen molar-refractivity contribution in [2.45, 2.75) is 17.3 Å². The van der Waals surface area contributed by atoms with E-state index in [1.807, 2.05) is 31.2 Å². The molecule has 5 aromatic rings. The standard InChI is InChI=1S/C19H14N8O5S/c1-10-4-3-5-11(8-10)18-20-16(24-32-18)15(12-9-30-25-21-12)33-19-23-22-17(26(19)2)13-6-7-14(31-13)27(28)29/h3-9,15H,1-2H3. The first-order chi connectivity index (χ1) is 16.0. The van der Waals surface area contributed by atoms with Gasteiger partial charge in [0, 0.05) is 17.9 Å². The van der Waals surface area contributed by atoms with E-state index in [0.717, 1.165) is 11.1 Å². The van der Waals surface area contributed by atoms with Gasteiger partial charge in [0.15, 0.2) is 16.7 Å². The van der Waals surface area contributed by atoms with Crippen LogP contribution in [0.25, 0.3) is 23.0 Å². The average Bonchev–Trinajstić information content (AvgIpc) is 3.59. The molecule has 1 aromatic carbocycles. The minimum absolute atomic E-state index is 0.212. The van der Waals surface area contributed by atoms with Crippen LogP contribution in [0.15, 0.2) is 61.3 Å². The Morgan fingerprint density at radius 1 is 1.18 bits per heavy atom. The summed E-state index contributed by atoms with van der Waals surface area (Å²) < 4.78 is 17.3. The zero-order chi connectivity index (χ0) is 22.9. The van der Waals surface area contributed by atoms with Gasteiger partial charge in [-0.15, -0.1) is 15.3 Å². The van der Waals surface area contributed by atoms with E-state index in [0.29, 0.717) is 28.4 Å². The van der Waals surface area contributed by atoms with Crippen molar-refractivity contribution in [1.82, 2.24) is 35.3 Å². The molecular weight excluding hydrogens is 452 g/mol. The highest BCUT2D eigenvalue weighted by atomic mass is 32.2. The van der Waals surface area contributed by atoms with Gasteiger partial charge in [0.25, 0.3) is 5.89 Å². The second kappa shape index (κ2) is 8.31. The van der Waals surface area contributed by atoms with Crippen LogP contribution in [0.5, 0.6) is 0 Å². The number of benzene rings is 1. The lowest BCUT2D eigenvalue weighted by Crippen LogP contribution is -2.03. The number of aryl methyl sites for hydroxylation is 1. The fraction of sp³-hybridized carbons (Fsp3) is 0.158. The highest BCUT2D eigenvalue weighted by Gasteiger charge is 2.28. The molecular formula is C19H14N8O5S. The Balaban J connectivity index is 1.47. The molecule has 166 valence electrons. The zero-order valence-corrected chi connectivity index (χ0v) is 18.0. The number of thioether (sulfide) groups is 1. The number of hydrogen-bond acceptors (Lipinski definition) is 12.